The van der Waals surface area contributed by atoms with Crippen LogP contribution < -0.4 is 5.32 Å². The van der Waals surface area contributed by atoms with E-state index in [-0.39, 0.29) is 11.6 Å². The van der Waals surface area contributed by atoms with E-state index in [0.717, 1.165) is 0 Å². The maximum Gasteiger partial charge on any atom is 0.326 e. The molecule has 2 N–H and O–H groups in total. The van der Waals surface area contributed by atoms with Gasteiger partial charge in [0.25, 0.3) is 5.91 Å². The molecule has 1 amide bonds. The molecule has 0 aliphatic carbocycles. The number of rotatable bonds is 4. The molecule has 0 aromatic carbocycles. The van der Waals surface area contributed by atoms with Gasteiger partial charge < -0.3 is 10.4 Å². The summed E-state index contributed by atoms with van der Waals surface area (Å²) in [5, 5.41) is 11.5. The molecule has 6 heteroatoms. The Labute approximate surface area is 105 Å². The highest BCUT2D eigenvalue weighted by molar-refractivity contribution is 5.95. The minimum Gasteiger partial charge on any atom is -0.480 e. The van der Waals surface area contributed by atoms with Crippen LogP contribution in [0, 0.1) is 19.8 Å². The van der Waals surface area contributed by atoms with Gasteiger partial charge in [-0.15, -0.1) is 0 Å². The smallest absolute Gasteiger partial charge is 0.326 e. The zero-order valence-electron chi connectivity index (χ0n) is 10.9. The molecule has 98 valence electrons. The molecule has 1 atom stereocenters. The van der Waals surface area contributed by atoms with Crippen LogP contribution in [0.25, 0.3) is 0 Å². The van der Waals surface area contributed by atoms with Crippen molar-refractivity contribution < 1.29 is 14.7 Å². The fraction of sp³-hybridized carbons (Fsp3) is 0.500. The van der Waals surface area contributed by atoms with Crippen molar-refractivity contribution in [3.63, 3.8) is 0 Å². The lowest BCUT2D eigenvalue weighted by atomic mass is 10.0. The molecular formula is C12H17N3O3. The average Bonchev–Trinajstić information content (AvgIpc) is 2.23. The lowest BCUT2D eigenvalue weighted by Gasteiger charge is -2.17. The van der Waals surface area contributed by atoms with Gasteiger partial charge in [-0.2, -0.15) is 0 Å². The largest absolute Gasteiger partial charge is 0.480 e. The maximum atomic E-state index is 11.9. The van der Waals surface area contributed by atoms with E-state index in [1.807, 2.05) is 0 Å². The normalized spacial score (nSPS) is 12.3. The van der Waals surface area contributed by atoms with E-state index < -0.39 is 17.9 Å². The molecule has 0 spiro atoms. The molecule has 0 aliphatic heterocycles. The molecule has 1 rings (SSSR count). The predicted octanol–water partition coefficient (Wildman–Crippen LogP) is 0.932. The highest BCUT2D eigenvalue weighted by atomic mass is 16.4. The first kappa shape index (κ1) is 14.1. The molecule has 0 fully saturated rings. The summed E-state index contributed by atoms with van der Waals surface area (Å²) in [4.78, 5) is 30.9. The summed E-state index contributed by atoms with van der Waals surface area (Å²) < 4.78 is 0. The Bertz CT molecular complexity index is 451. The summed E-state index contributed by atoms with van der Waals surface area (Å²) in [5.74, 6) is -1.27. The van der Waals surface area contributed by atoms with Crippen LogP contribution in [0.15, 0.2) is 6.07 Å². The molecular weight excluding hydrogens is 234 g/mol. The quantitative estimate of drug-likeness (QED) is 0.830. The van der Waals surface area contributed by atoms with E-state index in [4.69, 9.17) is 5.11 Å². The second kappa shape index (κ2) is 5.57. The number of carboxylic acid groups (broad SMARTS) is 1. The van der Waals surface area contributed by atoms with Gasteiger partial charge >= 0.3 is 5.97 Å². The van der Waals surface area contributed by atoms with Crippen molar-refractivity contribution in [3.8, 4) is 0 Å². The number of aliphatic carboxylic acids is 1. The van der Waals surface area contributed by atoms with Crippen molar-refractivity contribution in [1.29, 1.82) is 0 Å². The Morgan fingerprint density at radius 2 is 1.89 bits per heavy atom. The third-order valence-corrected chi connectivity index (χ3v) is 2.42. The first-order chi connectivity index (χ1) is 8.31. The van der Waals surface area contributed by atoms with Crippen LogP contribution in [0.5, 0.6) is 0 Å². The van der Waals surface area contributed by atoms with Gasteiger partial charge in [0.15, 0.2) is 0 Å². The second-order valence-corrected chi connectivity index (χ2v) is 4.48. The standard InChI is InChI=1S/C12H17N3O3/c1-6(2)10(12(17)18)15-11(16)9-5-7(3)13-8(4)14-9/h5-6,10H,1-4H3,(H,15,16)(H,17,18)/t10-/m0/s1. The zero-order valence-corrected chi connectivity index (χ0v) is 10.9. The van der Waals surface area contributed by atoms with Crippen LogP contribution in [0.2, 0.25) is 0 Å². The number of nitrogens with one attached hydrogen (secondary N) is 1. The number of carboxylic acids is 1. The van der Waals surface area contributed by atoms with Crippen molar-refractivity contribution in [3.05, 3.63) is 23.3 Å². The fourth-order valence-corrected chi connectivity index (χ4v) is 1.56. The SMILES string of the molecule is Cc1cc(C(=O)N[C@H](C(=O)O)C(C)C)nc(C)n1. The van der Waals surface area contributed by atoms with Crippen molar-refractivity contribution in [2.75, 3.05) is 0 Å². The summed E-state index contributed by atoms with van der Waals surface area (Å²) in [7, 11) is 0. The van der Waals surface area contributed by atoms with Crippen LogP contribution in [0.4, 0.5) is 0 Å². The third-order valence-electron chi connectivity index (χ3n) is 2.42. The second-order valence-electron chi connectivity index (χ2n) is 4.48. The van der Waals surface area contributed by atoms with Crippen LogP contribution in [-0.2, 0) is 4.79 Å². The van der Waals surface area contributed by atoms with Gasteiger partial charge in [0, 0.05) is 5.69 Å². The van der Waals surface area contributed by atoms with Crippen LogP contribution in [0.1, 0.15) is 35.9 Å². The third kappa shape index (κ3) is 3.51. The summed E-state index contributed by atoms with van der Waals surface area (Å²) in [6.07, 6.45) is 0. The van der Waals surface area contributed by atoms with Crippen LogP contribution in [-0.4, -0.2) is 33.0 Å². The van der Waals surface area contributed by atoms with Crippen molar-refractivity contribution >= 4 is 11.9 Å². The monoisotopic (exact) mass is 251 g/mol. The van der Waals surface area contributed by atoms with Gasteiger partial charge in [-0.25, -0.2) is 14.8 Å². The molecule has 1 aromatic heterocycles. The molecule has 1 heterocycles. The molecule has 0 unspecified atom stereocenters. The number of carbonyl (C=O) groups excluding carboxylic acids is 1. The van der Waals surface area contributed by atoms with Crippen LogP contribution in [0.3, 0.4) is 0 Å². The van der Waals surface area contributed by atoms with Gasteiger partial charge in [-0.3, -0.25) is 4.79 Å². The van der Waals surface area contributed by atoms with Crippen LogP contribution >= 0.6 is 0 Å². The minimum atomic E-state index is -1.05. The summed E-state index contributed by atoms with van der Waals surface area (Å²) in [5.41, 5.74) is 0.857. The van der Waals surface area contributed by atoms with Gasteiger partial charge in [0.05, 0.1) is 0 Å². The number of aromatic nitrogens is 2. The number of nitrogens with zero attached hydrogens (tertiary/aromatic N) is 2. The lowest BCUT2D eigenvalue weighted by molar-refractivity contribution is -0.140. The summed E-state index contributed by atoms with van der Waals surface area (Å²) in [6, 6.07) is 0.606. The predicted molar refractivity (Wildman–Crippen MR) is 65.2 cm³/mol. The van der Waals surface area contributed by atoms with Gasteiger partial charge in [-0.05, 0) is 25.8 Å². The molecule has 0 saturated carbocycles. The van der Waals surface area contributed by atoms with E-state index in [1.165, 1.54) is 6.07 Å². The minimum absolute atomic E-state index is 0.187. The van der Waals surface area contributed by atoms with E-state index in [2.05, 4.69) is 15.3 Å². The fourth-order valence-electron chi connectivity index (χ4n) is 1.56. The van der Waals surface area contributed by atoms with E-state index in [9.17, 15) is 9.59 Å². The summed E-state index contributed by atoms with van der Waals surface area (Å²) in [6.45, 7) is 6.90. The highest BCUT2D eigenvalue weighted by Crippen LogP contribution is 2.05. The van der Waals surface area contributed by atoms with Gasteiger partial charge in [0.1, 0.15) is 17.6 Å². The zero-order chi connectivity index (χ0) is 13.9. The molecule has 0 aliphatic rings. The van der Waals surface area contributed by atoms with Gasteiger partial charge in [-0.1, -0.05) is 13.8 Å². The number of carbonyl (C=O) groups is 2. The number of amides is 1. The first-order valence-electron chi connectivity index (χ1n) is 5.67. The maximum absolute atomic E-state index is 11.9. The molecule has 6 nitrogen and oxygen atoms in total. The van der Waals surface area contributed by atoms with Crippen molar-refractivity contribution in [1.82, 2.24) is 15.3 Å². The molecule has 0 saturated heterocycles. The lowest BCUT2D eigenvalue weighted by Crippen LogP contribution is -2.44. The Morgan fingerprint density at radius 1 is 1.28 bits per heavy atom. The Balaban J connectivity index is 2.90. The van der Waals surface area contributed by atoms with Crippen molar-refractivity contribution in [2.45, 2.75) is 33.7 Å². The molecule has 1 aromatic rings. The Kier molecular flexibility index (Phi) is 4.36. The average molecular weight is 251 g/mol. The number of hydrogen-bond acceptors (Lipinski definition) is 4. The number of aryl methyl sites for hydroxylation is 2. The molecule has 0 radical (unpaired) electrons. The molecule has 0 bridgehead atoms. The van der Waals surface area contributed by atoms with E-state index in [1.54, 1.807) is 27.7 Å². The topological polar surface area (TPSA) is 92.2 Å². The molecule has 18 heavy (non-hydrogen) atoms. The Hall–Kier alpha value is -1.98. The summed E-state index contributed by atoms with van der Waals surface area (Å²) >= 11 is 0. The van der Waals surface area contributed by atoms with Gasteiger partial charge in [0.2, 0.25) is 0 Å². The van der Waals surface area contributed by atoms with Crippen molar-refractivity contribution in [2.24, 2.45) is 5.92 Å². The van der Waals surface area contributed by atoms with E-state index in [0.29, 0.717) is 11.5 Å². The highest BCUT2D eigenvalue weighted by Gasteiger charge is 2.24. The number of hydrogen-bond donors (Lipinski definition) is 2. The van der Waals surface area contributed by atoms with E-state index >= 15 is 0 Å². The Morgan fingerprint density at radius 3 is 2.33 bits per heavy atom. The first-order valence-corrected chi connectivity index (χ1v) is 5.67.